The van der Waals surface area contributed by atoms with Crippen molar-refractivity contribution in [3.05, 3.63) is 0 Å². The molecule has 0 aliphatic rings. The van der Waals surface area contributed by atoms with Crippen molar-refractivity contribution in [1.29, 1.82) is 0 Å². The summed E-state index contributed by atoms with van der Waals surface area (Å²) in [7, 11) is 0. The molecule has 13 heavy (non-hydrogen) atoms. The molecule has 0 aromatic heterocycles. The largest absolute Gasteiger partial charge is 0.390 e. The second-order valence-corrected chi connectivity index (χ2v) is 3.12. The topological polar surface area (TPSA) is 20.2 Å². The van der Waals surface area contributed by atoms with Gasteiger partial charge in [0.05, 0.1) is 0 Å². The molecule has 0 atom stereocenters. The number of halogens is 2. The molecule has 82 valence electrons. The van der Waals surface area contributed by atoms with Crippen LogP contribution in [0.1, 0.15) is 52.9 Å². The fourth-order valence-electron chi connectivity index (χ4n) is 0.514. The lowest BCUT2D eigenvalue weighted by molar-refractivity contribution is -0.0575. The summed E-state index contributed by atoms with van der Waals surface area (Å²) in [6.07, 6.45) is 3.67. The Morgan fingerprint density at radius 2 is 1.46 bits per heavy atom. The van der Waals surface area contributed by atoms with Gasteiger partial charge < -0.3 is 5.11 Å². The molecule has 0 spiro atoms. The van der Waals surface area contributed by atoms with Crippen molar-refractivity contribution in [2.45, 2.75) is 58.8 Å². The minimum atomic E-state index is -2.85. The van der Waals surface area contributed by atoms with E-state index >= 15 is 0 Å². The maximum Gasteiger partial charge on any atom is 0.270 e. The van der Waals surface area contributed by atoms with Crippen molar-refractivity contribution in [2.75, 3.05) is 6.61 Å². The molecule has 0 saturated carbocycles. The summed E-state index contributed by atoms with van der Waals surface area (Å²) in [4.78, 5) is 0. The highest BCUT2D eigenvalue weighted by Gasteiger charge is 2.25. The number of aliphatic hydroxyl groups is 1. The van der Waals surface area contributed by atoms with Gasteiger partial charge in [-0.3, -0.25) is 0 Å². The van der Waals surface area contributed by atoms with Crippen molar-refractivity contribution in [3.63, 3.8) is 0 Å². The van der Waals surface area contributed by atoms with E-state index in [2.05, 4.69) is 13.8 Å². The number of hydrogen-bond donors (Lipinski definition) is 1. The van der Waals surface area contributed by atoms with Gasteiger partial charge in [0, 0.05) is 6.42 Å². The van der Waals surface area contributed by atoms with Crippen LogP contribution in [0.5, 0.6) is 0 Å². The second-order valence-electron chi connectivity index (χ2n) is 3.12. The number of alkyl halides is 2. The van der Waals surface area contributed by atoms with Gasteiger partial charge in [0.1, 0.15) is 6.61 Å². The maximum atomic E-state index is 12.1. The van der Waals surface area contributed by atoms with Gasteiger partial charge >= 0.3 is 0 Å². The summed E-state index contributed by atoms with van der Waals surface area (Å²) < 4.78 is 24.2. The van der Waals surface area contributed by atoms with E-state index in [-0.39, 0.29) is 6.42 Å². The molecule has 0 aliphatic carbocycles. The highest BCUT2D eigenvalue weighted by Crippen LogP contribution is 2.19. The third-order valence-corrected chi connectivity index (χ3v) is 1.63. The van der Waals surface area contributed by atoms with Crippen LogP contribution in [0.4, 0.5) is 8.78 Å². The van der Waals surface area contributed by atoms with Crippen LogP contribution in [0.15, 0.2) is 0 Å². The SMILES string of the molecule is CCCC.CCCCC(F)(F)CO. The fourth-order valence-corrected chi connectivity index (χ4v) is 0.514. The van der Waals surface area contributed by atoms with E-state index in [4.69, 9.17) is 5.11 Å². The molecule has 0 aliphatic heterocycles. The normalized spacial score (nSPS) is 10.6. The Morgan fingerprint density at radius 3 is 1.69 bits per heavy atom. The van der Waals surface area contributed by atoms with Gasteiger partial charge in [0.2, 0.25) is 0 Å². The third kappa shape index (κ3) is 14.7. The Kier molecular flexibility index (Phi) is 11.7. The lowest BCUT2D eigenvalue weighted by Gasteiger charge is -2.10. The van der Waals surface area contributed by atoms with Crippen molar-refractivity contribution in [1.82, 2.24) is 0 Å². The molecule has 0 fully saturated rings. The monoisotopic (exact) mass is 196 g/mol. The van der Waals surface area contributed by atoms with Crippen molar-refractivity contribution >= 4 is 0 Å². The van der Waals surface area contributed by atoms with Crippen LogP contribution in [0.25, 0.3) is 0 Å². The van der Waals surface area contributed by atoms with Gasteiger partial charge in [-0.15, -0.1) is 0 Å². The van der Waals surface area contributed by atoms with Gasteiger partial charge in [0.15, 0.2) is 0 Å². The Hall–Kier alpha value is -0.180. The number of hydrogen-bond acceptors (Lipinski definition) is 1. The van der Waals surface area contributed by atoms with Crippen molar-refractivity contribution < 1.29 is 13.9 Å². The molecule has 0 heterocycles. The fraction of sp³-hybridized carbons (Fsp3) is 1.00. The predicted molar refractivity (Wildman–Crippen MR) is 52.1 cm³/mol. The summed E-state index contributed by atoms with van der Waals surface area (Å²) >= 11 is 0. The standard InChI is InChI=1S/C6H12F2O.C4H10/c1-2-3-4-6(7,8)5-9;1-3-4-2/h9H,2-5H2,1H3;3-4H2,1-2H3. The zero-order valence-corrected chi connectivity index (χ0v) is 8.95. The molecule has 0 saturated heterocycles. The Morgan fingerprint density at radius 1 is 1.00 bits per heavy atom. The van der Waals surface area contributed by atoms with Gasteiger partial charge in [-0.25, -0.2) is 8.78 Å². The van der Waals surface area contributed by atoms with Crippen molar-refractivity contribution in [3.8, 4) is 0 Å². The molecule has 0 aromatic rings. The van der Waals surface area contributed by atoms with E-state index in [1.165, 1.54) is 12.8 Å². The van der Waals surface area contributed by atoms with Gasteiger partial charge in [-0.2, -0.15) is 0 Å². The number of aliphatic hydroxyl groups excluding tert-OH is 1. The van der Waals surface area contributed by atoms with E-state index in [9.17, 15) is 8.78 Å². The molecule has 0 radical (unpaired) electrons. The lowest BCUT2D eigenvalue weighted by Crippen LogP contribution is -2.20. The average molecular weight is 196 g/mol. The highest BCUT2D eigenvalue weighted by atomic mass is 19.3. The van der Waals surface area contributed by atoms with Crippen LogP contribution in [0.3, 0.4) is 0 Å². The van der Waals surface area contributed by atoms with Crippen LogP contribution in [0.2, 0.25) is 0 Å². The van der Waals surface area contributed by atoms with Crippen LogP contribution in [-0.4, -0.2) is 17.6 Å². The lowest BCUT2D eigenvalue weighted by atomic mass is 10.2. The summed E-state index contributed by atoms with van der Waals surface area (Å²) in [5, 5.41) is 8.07. The molecule has 3 heteroatoms. The first-order valence-corrected chi connectivity index (χ1v) is 5.02. The van der Waals surface area contributed by atoms with Gasteiger partial charge in [0.25, 0.3) is 5.92 Å². The van der Waals surface area contributed by atoms with Gasteiger partial charge in [-0.1, -0.05) is 40.0 Å². The van der Waals surface area contributed by atoms with Gasteiger partial charge in [-0.05, 0) is 6.42 Å². The molecule has 0 rings (SSSR count). The Labute approximate surface area is 80.2 Å². The predicted octanol–water partition coefficient (Wildman–Crippen LogP) is 3.61. The molecule has 1 N–H and O–H groups in total. The molecule has 0 amide bonds. The molecule has 0 bridgehead atoms. The Bertz CT molecular complexity index is 92.9. The average Bonchev–Trinajstić information content (AvgIpc) is 2.15. The zero-order chi connectivity index (χ0) is 10.7. The number of unbranched alkanes of at least 4 members (excludes halogenated alkanes) is 2. The Balaban J connectivity index is 0. The van der Waals surface area contributed by atoms with E-state index in [1.807, 2.05) is 6.92 Å². The molecule has 0 aromatic carbocycles. The van der Waals surface area contributed by atoms with Crippen LogP contribution in [0, 0.1) is 0 Å². The summed E-state index contributed by atoms with van der Waals surface area (Å²) in [6.45, 7) is 5.18. The third-order valence-electron chi connectivity index (χ3n) is 1.63. The van der Waals surface area contributed by atoms with Crippen LogP contribution < -0.4 is 0 Å². The first-order valence-electron chi connectivity index (χ1n) is 5.02. The van der Waals surface area contributed by atoms with E-state index in [0.717, 1.165) is 6.42 Å². The molecular formula is C10H22F2O. The van der Waals surface area contributed by atoms with Crippen LogP contribution >= 0.6 is 0 Å². The van der Waals surface area contributed by atoms with E-state index in [0.29, 0.717) is 6.42 Å². The summed E-state index contributed by atoms with van der Waals surface area (Å²) in [6, 6.07) is 0. The maximum absolute atomic E-state index is 12.1. The van der Waals surface area contributed by atoms with Crippen LogP contribution in [-0.2, 0) is 0 Å². The summed E-state index contributed by atoms with van der Waals surface area (Å²) in [5.74, 6) is -2.85. The summed E-state index contributed by atoms with van der Waals surface area (Å²) in [5.41, 5.74) is 0. The zero-order valence-electron chi connectivity index (χ0n) is 8.95. The number of rotatable bonds is 5. The van der Waals surface area contributed by atoms with E-state index in [1.54, 1.807) is 0 Å². The molecular weight excluding hydrogens is 174 g/mol. The quantitative estimate of drug-likeness (QED) is 0.712. The highest BCUT2D eigenvalue weighted by molar-refractivity contribution is 4.62. The molecule has 1 nitrogen and oxygen atoms in total. The van der Waals surface area contributed by atoms with E-state index < -0.39 is 12.5 Å². The first kappa shape index (κ1) is 15.3. The molecule has 0 unspecified atom stereocenters. The minimum Gasteiger partial charge on any atom is -0.390 e. The minimum absolute atomic E-state index is 0.194. The first-order chi connectivity index (χ1) is 6.04. The van der Waals surface area contributed by atoms with Crippen molar-refractivity contribution in [2.24, 2.45) is 0 Å². The second kappa shape index (κ2) is 9.90. The smallest absolute Gasteiger partial charge is 0.270 e.